The molecule has 0 saturated heterocycles. The van der Waals surface area contributed by atoms with Crippen LogP contribution in [0, 0.1) is 0 Å². The molecule has 0 unspecified atom stereocenters. The molecule has 0 aliphatic carbocycles. The fourth-order valence-electron chi connectivity index (χ4n) is 1.46. The summed E-state index contributed by atoms with van der Waals surface area (Å²) in [5, 5.41) is 11.3. The molecule has 98 valence electrons. The van der Waals surface area contributed by atoms with Gasteiger partial charge in [0.1, 0.15) is 11.4 Å². The molecule has 1 aromatic rings. The summed E-state index contributed by atoms with van der Waals surface area (Å²) in [5.41, 5.74) is 5.09. The maximum Gasteiger partial charge on any atom is 0.259 e. The van der Waals surface area contributed by atoms with Crippen LogP contribution in [-0.2, 0) is 0 Å². The summed E-state index contributed by atoms with van der Waals surface area (Å²) in [6.45, 7) is 2.52. The second-order valence-corrected chi connectivity index (χ2v) is 3.65. The molecule has 7 heteroatoms. The minimum atomic E-state index is -0.370. The molecule has 0 aliphatic rings. The molecule has 0 spiro atoms. The van der Waals surface area contributed by atoms with Crippen molar-refractivity contribution in [2.24, 2.45) is 10.9 Å². The van der Waals surface area contributed by atoms with Gasteiger partial charge in [0.2, 0.25) is 0 Å². The first-order chi connectivity index (χ1) is 8.60. The van der Waals surface area contributed by atoms with Crippen molar-refractivity contribution >= 4 is 11.7 Å². The van der Waals surface area contributed by atoms with Crippen LogP contribution in [0.15, 0.2) is 28.4 Å². The molecular formula is C11H16N4O3. The normalized spacial score (nSPS) is 11.3. The van der Waals surface area contributed by atoms with Gasteiger partial charge in [-0.3, -0.25) is 9.59 Å². The Labute approximate surface area is 104 Å². The zero-order valence-corrected chi connectivity index (χ0v) is 10.1. The van der Waals surface area contributed by atoms with Crippen LogP contribution in [0.5, 0.6) is 0 Å². The molecule has 0 aliphatic heterocycles. The van der Waals surface area contributed by atoms with E-state index in [0.717, 1.165) is 0 Å². The summed E-state index contributed by atoms with van der Waals surface area (Å²) >= 11 is 0. The minimum Gasteiger partial charge on any atom is -0.409 e. The van der Waals surface area contributed by atoms with Crippen molar-refractivity contribution < 1.29 is 10.0 Å². The number of oxime groups is 1. The van der Waals surface area contributed by atoms with Crippen molar-refractivity contribution in [2.45, 2.75) is 13.3 Å². The van der Waals surface area contributed by atoms with Crippen LogP contribution in [0.4, 0.5) is 0 Å². The third-order valence-corrected chi connectivity index (χ3v) is 2.49. The van der Waals surface area contributed by atoms with Gasteiger partial charge in [-0.05, 0) is 6.92 Å². The number of aromatic nitrogens is 1. The van der Waals surface area contributed by atoms with Crippen molar-refractivity contribution in [3.05, 3.63) is 34.2 Å². The number of nitrogens with two attached hydrogens (primary N) is 1. The fourth-order valence-corrected chi connectivity index (χ4v) is 1.46. The number of rotatable bonds is 5. The molecule has 0 radical (unpaired) electrons. The van der Waals surface area contributed by atoms with E-state index in [0.29, 0.717) is 13.1 Å². The van der Waals surface area contributed by atoms with Gasteiger partial charge in [0.05, 0.1) is 0 Å². The summed E-state index contributed by atoms with van der Waals surface area (Å²) in [7, 11) is 0. The van der Waals surface area contributed by atoms with Gasteiger partial charge in [-0.25, -0.2) is 0 Å². The Balaban J connectivity index is 2.80. The molecular weight excluding hydrogens is 236 g/mol. The molecule has 0 atom stereocenters. The van der Waals surface area contributed by atoms with Crippen LogP contribution < -0.4 is 11.2 Å². The van der Waals surface area contributed by atoms with Crippen molar-refractivity contribution in [3.8, 4) is 0 Å². The summed E-state index contributed by atoms with van der Waals surface area (Å²) in [5.74, 6) is -0.326. The van der Waals surface area contributed by atoms with E-state index in [4.69, 9.17) is 10.9 Å². The summed E-state index contributed by atoms with van der Waals surface area (Å²) in [6, 6.07) is 1.30. The number of nitrogens with one attached hydrogen (secondary N) is 1. The van der Waals surface area contributed by atoms with E-state index < -0.39 is 0 Å². The van der Waals surface area contributed by atoms with E-state index >= 15 is 0 Å². The number of hydrogen-bond donors (Lipinski definition) is 3. The standard InChI is InChI=1S/C11H16N4O3/c1-2-15(6-4-10(12)14-18)11(17)8-7-13-5-3-9(8)16/h3,5,7,18H,2,4,6H2,1H3,(H2,12,14)(H,13,16). The minimum absolute atomic E-state index is 0.0446. The SMILES string of the molecule is CCN(CC/C(N)=N/O)C(=O)c1c[nH]ccc1=O. The molecule has 0 saturated carbocycles. The van der Waals surface area contributed by atoms with E-state index in [1.165, 1.54) is 23.4 Å². The monoisotopic (exact) mass is 252 g/mol. The maximum atomic E-state index is 12.1. The molecule has 1 amide bonds. The number of amides is 1. The highest BCUT2D eigenvalue weighted by Gasteiger charge is 2.16. The van der Waals surface area contributed by atoms with Crippen LogP contribution in [-0.4, -0.2) is 39.9 Å². The van der Waals surface area contributed by atoms with E-state index in [-0.39, 0.29) is 29.2 Å². The van der Waals surface area contributed by atoms with Crippen LogP contribution >= 0.6 is 0 Å². The van der Waals surface area contributed by atoms with Crippen molar-refractivity contribution in [2.75, 3.05) is 13.1 Å². The van der Waals surface area contributed by atoms with E-state index in [1.54, 1.807) is 6.92 Å². The summed E-state index contributed by atoms with van der Waals surface area (Å²) in [4.78, 5) is 27.7. The molecule has 1 heterocycles. The highest BCUT2D eigenvalue weighted by molar-refractivity contribution is 5.94. The first-order valence-electron chi connectivity index (χ1n) is 5.53. The van der Waals surface area contributed by atoms with Gasteiger partial charge in [0.15, 0.2) is 5.43 Å². The highest BCUT2D eigenvalue weighted by Crippen LogP contribution is 2.00. The second-order valence-electron chi connectivity index (χ2n) is 3.65. The van der Waals surface area contributed by atoms with E-state index in [2.05, 4.69) is 10.1 Å². The third kappa shape index (κ3) is 3.34. The van der Waals surface area contributed by atoms with Crippen LogP contribution in [0.2, 0.25) is 0 Å². The third-order valence-electron chi connectivity index (χ3n) is 2.49. The molecule has 1 aromatic heterocycles. The Kier molecular flexibility index (Phi) is 4.91. The zero-order chi connectivity index (χ0) is 13.5. The Hall–Kier alpha value is -2.31. The summed E-state index contributed by atoms with van der Waals surface area (Å²) in [6.07, 6.45) is 3.09. The Bertz CT molecular complexity index is 495. The van der Waals surface area contributed by atoms with E-state index in [1.807, 2.05) is 0 Å². The largest absolute Gasteiger partial charge is 0.409 e. The number of hydrogen-bond acceptors (Lipinski definition) is 4. The molecule has 0 bridgehead atoms. The topological polar surface area (TPSA) is 112 Å². The first-order valence-corrected chi connectivity index (χ1v) is 5.53. The average molecular weight is 252 g/mol. The number of carbonyl (C=O) groups is 1. The number of carbonyl (C=O) groups excluding carboxylic acids is 1. The lowest BCUT2D eigenvalue weighted by molar-refractivity contribution is 0.0766. The number of aromatic amines is 1. The smallest absolute Gasteiger partial charge is 0.259 e. The predicted octanol–water partition coefficient (Wildman–Crippen LogP) is -0.0265. The van der Waals surface area contributed by atoms with Gasteiger partial charge in [-0.2, -0.15) is 0 Å². The summed E-state index contributed by atoms with van der Waals surface area (Å²) < 4.78 is 0. The molecule has 4 N–H and O–H groups in total. The molecule has 0 aromatic carbocycles. The predicted molar refractivity (Wildman–Crippen MR) is 66.7 cm³/mol. The Morgan fingerprint density at radius 2 is 2.33 bits per heavy atom. The van der Waals surface area contributed by atoms with Gasteiger partial charge in [-0.1, -0.05) is 5.16 Å². The van der Waals surface area contributed by atoms with Crippen molar-refractivity contribution in [1.29, 1.82) is 0 Å². The highest BCUT2D eigenvalue weighted by atomic mass is 16.4. The molecule has 18 heavy (non-hydrogen) atoms. The van der Waals surface area contributed by atoms with Gasteiger partial charge < -0.3 is 20.8 Å². The lowest BCUT2D eigenvalue weighted by Crippen LogP contribution is -2.36. The van der Waals surface area contributed by atoms with Gasteiger partial charge >= 0.3 is 0 Å². The number of amidine groups is 1. The molecule has 0 fully saturated rings. The van der Waals surface area contributed by atoms with Gasteiger partial charge in [0, 0.05) is 38.0 Å². The second kappa shape index (κ2) is 6.43. The van der Waals surface area contributed by atoms with Crippen LogP contribution in [0.25, 0.3) is 0 Å². The number of pyridine rings is 1. The maximum absolute atomic E-state index is 12.1. The fraction of sp³-hybridized carbons (Fsp3) is 0.364. The number of nitrogens with zero attached hydrogens (tertiary/aromatic N) is 2. The number of H-pyrrole nitrogens is 1. The van der Waals surface area contributed by atoms with Crippen molar-refractivity contribution in [3.63, 3.8) is 0 Å². The van der Waals surface area contributed by atoms with E-state index in [9.17, 15) is 9.59 Å². The molecule has 1 rings (SSSR count). The average Bonchev–Trinajstić information content (AvgIpc) is 2.39. The molecule has 7 nitrogen and oxygen atoms in total. The first kappa shape index (κ1) is 13.8. The van der Waals surface area contributed by atoms with Crippen LogP contribution in [0.1, 0.15) is 23.7 Å². The lowest BCUT2D eigenvalue weighted by atomic mass is 10.2. The lowest BCUT2D eigenvalue weighted by Gasteiger charge is -2.20. The van der Waals surface area contributed by atoms with Gasteiger partial charge in [0.25, 0.3) is 5.91 Å². The van der Waals surface area contributed by atoms with Crippen LogP contribution in [0.3, 0.4) is 0 Å². The van der Waals surface area contributed by atoms with Crippen molar-refractivity contribution in [1.82, 2.24) is 9.88 Å². The Morgan fingerprint density at radius 1 is 1.61 bits per heavy atom. The van der Waals surface area contributed by atoms with Gasteiger partial charge in [-0.15, -0.1) is 0 Å². The zero-order valence-electron chi connectivity index (χ0n) is 10.1. The Morgan fingerprint density at radius 3 is 2.89 bits per heavy atom. The quantitative estimate of drug-likeness (QED) is 0.296.